The summed E-state index contributed by atoms with van der Waals surface area (Å²) < 4.78 is 0. The maximum absolute atomic E-state index is 10.7. The summed E-state index contributed by atoms with van der Waals surface area (Å²) in [5, 5.41) is 13.7. The van der Waals surface area contributed by atoms with Crippen LogP contribution in [0.15, 0.2) is 18.3 Å². The Morgan fingerprint density at radius 1 is 1.60 bits per heavy atom. The first-order valence-corrected chi connectivity index (χ1v) is 5.10. The van der Waals surface area contributed by atoms with Crippen molar-refractivity contribution in [1.82, 2.24) is 4.98 Å². The van der Waals surface area contributed by atoms with Crippen molar-refractivity contribution in [2.45, 2.75) is 19.3 Å². The number of nitrogens with zero attached hydrogens (tertiary/aromatic N) is 2. The van der Waals surface area contributed by atoms with E-state index in [2.05, 4.69) is 10.3 Å². The third-order valence-electron chi connectivity index (χ3n) is 2.77. The molecular weight excluding hydrogens is 194 g/mol. The van der Waals surface area contributed by atoms with Gasteiger partial charge in [0.25, 0.3) is 0 Å². The molecule has 1 saturated carbocycles. The van der Waals surface area contributed by atoms with Gasteiger partial charge in [0.2, 0.25) is 0 Å². The minimum atomic E-state index is -0.455. The van der Waals surface area contributed by atoms with E-state index < -0.39 is 4.92 Å². The van der Waals surface area contributed by atoms with Crippen LogP contribution in [0.4, 0.5) is 11.5 Å². The van der Waals surface area contributed by atoms with Crippen molar-refractivity contribution in [2.75, 3.05) is 11.9 Å². The number of nitrogens with one attached hydrogen (secondary N) is 1. The highest BCUT2D eigenvalue weighted by atomic mass is 16.6. The van der Waals surface area contributed by atoms with E-state index in [0.29, 0.717) is 11.6 Å². The summed E-state index contributed by atoms with van der Waals surface area (Å²) in [4.78, 5) is 13.9. The summed E-state index contributed by atoms with van der Waals surface area (Å²) in [6.45, 7) is 0.812. The lowest BCUT2D eigenvalue weighted by atomic mass is 9.85. The second kappa shape index (κ2) is 4.25. The monoisotopic (exact) mass is 207 g/mol. The molecule has 1 fully saturated rings. The zero-order chi connectivity index (χ0) is 10.7. The van der Waals surface area contributed by atoms with Gasteiger partial charge < -0.3 is 15.4 Å². The summed E-state index contributed by atoms with van der Waals surface area (Å²) in [7, 11) is 0. The molecule has 0 spiro atoms. The molecule has 80 valence electrons. The summed E-state index contributed by atoms with van der Waals surface area (Å²) in [5.74, 6) is 0.585. The second-order valence-corrected chi connectivity index (χ2v) is 3.81. The number of hydrogen-bond donors (Lipinski definition) is 1. The fraction of sp³-hybridized carbons (Fsp3) is 0.500. The van der Waals surface area contributed by atoms with Crippen molar-refractivity contribution in [1.29, 1.82) is 0 Å². The second-order valence-electron chi connectivity index (χ2n) is 3.81. The Labute approximate surface area is 87.7 Å². The molecule has 0 saturated heterocycles. The third-order valence-corrected chi connectivity index (χ3v) is 2.77. The van der Waals surface area contributed by atoms with Gasteiger partial charge in [-0.15, -0.1) is 0 Å². The Bertz CT molecular complexity index is 363. The van der Waals surface area contributed by atoms with Gasteiger partial charge in [-0.1, -0.05) is 6.42 Å². The highest BCUT2D eigenvalue weighted by molar-refractivity contribution is 5.56. The van der Waals surface area contributed by atoms with Crippen LogP contribution in [0, 0.1) is 16.0 Å². The Balaban J connectivity index is 2.02. The zero-order valence-corrected chi connectivity index (χ0v) is 8.35. The first-order valence-electron chi connectivity index (χ1n) is 5.10. The summed E-state index contributed by atoms with van der Waals surface area (Å²) in [6, 6.07) is 3.40. The van der Waals surface area contributed by atoms with Crippen molar-refractivity contribution in [3.05, 3.63) is 28.4 Å². The summed E-state index contributed by atoms with van der Waals surface area (Å²) >= 11 is 0. The first kappa shape index (κ1) is 9.89. The van der Waals surface area contributed by atoms with Crippen LogP contribution >= 0.6 is 0 Å². The van der Waals surface area contributed by atoms with E-state index in [4.69, 9.17) is 0 Å². The fourth-order valence-electron chi connectivity index (χ4n) is 1.63. The molecule has 1 N–H and O–H groups in total. The molecule has 5 nitrogen and oxygen atoms in total. The average molecular weight is 207 g/mol. The Morgan fingerprint density at radius 3 is 3.00 bits per heavy atom. The molecule has 0 radical (unpaired) electrons. The highest BCUT2D eigenvalue weighted by Crippen LogP contribution is 2.28. The molecular formula is C10H13N3O2. The third kappa shape index (κ3) is 2.23. The highest BCUT2D eigenvalue weighted by Gasteiger charge is 2.19. The van der Waals surface area contributed by atoms with E-state index in [1.165, 1.54) is 25.5 Å². The lowest BCUT2D eigenvalue weighted by Crippen LogP contribution is -2.21. The molecule has 1 heterocycles. The van der Waals surface area contributed by atoms with Crippen LogP contribution in [0.1, 0.15) is 19.3 Å². The van der Waals surface area contributed by atoms with Crippen molar-refractivity contribution >= 4 is 11.5 Å². The Kier molecular flexibility index (Phi) is 2.80. The standard InChI is InChI=1S/C10H13N3O2/c14-13(15)10-9(5-2-6-11-10)12-7-8-3-1-4-8/h2,5-6,8,12H,1,3-4,7H2. The topological polar surface area (TPSA) is 68.1 Å². The zero-order valence-electron chi connectivity index (χ0n) is 8.35. The van der Waals surface area contributed by atoms with E-state index in [1.807, 2.05) is 0 Å². The van der Waals surface area contributed by atoms with Crippen LogP contribution < -0.4 is 5.32 Å². The van der Waals surface area contributed by atoms with Gasteiger partial charge in [-0.25, -0.2) is 0 Å². The predicted molar refractivity (Wildman–Crippen MR) is 56.7 cm³/mol. The average Bonchev–Trinajstić information content (AvgIpc) is 2.16. The van der Waals surface area contributed by atoms with Crippen LogP contribution in [0.5, 0.6) is 0 Å². The Morgan fingerprint density at radius 2 is 2.40 bits per heavy atom. The lowest BCUT2D eigenvalue weighted by molar-refractivity contribution is -0.388. The fourth-order valence-corrected chi connectivity index (χ4v) is 1.63. The molecule has 0 amide bonds. The quantitative estimate of drug-likeness (QED) is 0.607. The van der Waals surface area contributed by atoms with Crippen molar-refractivity contribution in [3.63, 3.8) is 0 Å². The van der Waals surface area contributed by atoms with Gasteiger partial charge >= 0.3 is 5.82 Å². The lowest BCUT2D eigenvalue weighted by Gasteiger charge is -2.25. The predicted octanol–water partition coefficient (Wildman–Crippen LogP) is 2.20. The molecule has 0 atom stereocenters. The van der Waals surface area contributed by atoms with Crippen molar-refractivity contribution in [2.24, 2.45) is 5.92 Å². The molecule has 1 aliphatic rings. The number of pyridine rings is 1. The van der Waals surface area contributed by atoms with E-state index in [1.54, 1.807) is 12.1 Å². The van der Waals surface area contributed by atoms with Crippen LogP contribution in [0.2, 0.25) is 0 Å². The molecule has 0 aliphatic heterocycles. The maximum Gasteiger partial charge on any atom is 0.386 e. The van der Waals surface area contributed by atoms with Gasteiger partial charge in [0.1, 0.15) is 11.9 Å². The van der Waals surface area contributed by atoms with Gasteiger partial charge in [0.15, 0.2) is 0 Å². The SMILES string of the molecule is O=[N+]([O-])c1ncccc1NCC1CCC1. The molecule has 1 aromatic heterocycles. The van der Waals surface area contributed by atoms with E-state index in [-0.39, 0.29) is 5.82 Å². The first-order chi connectivity index (χ1) is 7.27. The molecule has 5 heteroatoms. The maximum atomic E-state index is 10.7. The van der Waals surface area contributed by atoms with E-state index in [0.717, 1.165) is 6.54 Å². The Hall–Kier alpha value is -1.65. The van der Waals surface area contributed by atoms with Gasteiger partial charge in [0, 0.05) is 6.54 Å². The van der Waals surface area contributed by atoms with Gasteiger partial charge in [-0.3, -0.25) is 0 Å². The van der Waals surface area contributed by atoms with Gasteiger partial charge in [0.05, 0.1) is 0 Å². The van der Waals surface area contributed by atoms with Crippen molar-refractivity contribution < 1.29 is 4.92 Å². The van der Waals surface area contributed by atoms with E-state index in [9.17, 15) is 10.1 Å². The molecule has 1 aliphatic carbocycles. The molecule has 15 heavy (non-hydrogen) atoms. The summed E-state index contributed by atoms with van der Waals surface area (Å²) in [5.41, 5.74) is 0.523. The normalized spacial score (nSPS) is 15.7. The largest absolute Gasteiger partial charge is 0.386 e. The van der Waals surface area contributed by atoms with Crippen molar-refractivity contribution in [3.8, 4) is 0 Å². The number of hydrogen-bond acceptors (Lipinski definition) is 4. The number of aromatic nitrogens is 1. The molecule has 0 bridgehead atoms. The summed E-state index contributed by atoms with van der Waals surface area (Å²) in [6.07, 6.45) is 5.16. The van der Waals surface area contributed by atoms with Crippen LogP contribution in [0.25, 0.3) is 0 Å². The molecule has 0 aromatic carbocycles. The minimum absolute atomic E-state index is 0.0863. The van der Waals surface area contributed by atoms with Gasteiger partial charge in [-0.2, -0.15) is 0 Å². The van der Waals surface area contributed by atoms with Crippen LogP contribution in [0.3, 0.4) is 0 Å². The van der Waals surface area contributed by atoms with E-state index >= 15 is 0 Å². The smallest absolute Gasteiger partial charge is 0.378 e. The molecule has 0 unspecified atom stereocenters. The minimum Gasteiger partial charge on any atom is -0.378 e. The van der Waals surface area contributed by atoms with Gasteiger partial charge in [-0.05, 0) is 40.8 Å². The number of anilines is 1. The van der Waals surface area contributed by atoms with Crippen LogP contribution in [-0.2, 0) is 0 Å². The molecule has 2 rings (SSSR count). The number of nitro groups is 1. The van der Waals surface area contributed by atoms with Crippen LogP contribution in [-0.4, -0.2) is 16.5 Å². The molecule has 1 aromatic rings. The number of rotatable bonds is 4.